The van der Waals surface area contributed by atoms with Crippen molar-refractivity contribution < 1.29 is 41.1 Å². The molecule has 0 aliphatic carbocycles. The highest BCUT2D eigenvalue weighted by molar-refractivity contribution is 7.86. The van der Waals surface area contributed by atoms with Crippen molar-refractivity contribution in [1.82, 2.24) is 0 Å². The molecule has 3 heterocycles. The number of hydroxylamine groups is 1. The van der Waals surface area contributed by atoms with Crippen LogP contribution < -0.4 is 19.3 Å². The van der Waals surface area contributed by atoms with E-state index in [1.54, 1.807) is 26.0 Å². The Bertz CT molecular complexity index is 1700. The van der Waals surface area contributed by atoms with Crippen LogP contribution in [0, 0.1) is 0 Å². The van der Waals surface area contributed by atoms with Gasteiger partial charge in [-0.05, 0) is 66.9 Å². The van der Waals surface area contributed by atoms with Gasteiger partial charge in [-0.25, -0.2) is 9.90 Å². The van der Waals surface area contributed by atoms with E-state index in [9.17, 15) is 13.9 Å². The Labute approximate surface area is 261 Å². The zero-order valence-corrected chi connectivity index (χ0v) is 26.1. The van der Waals surface area contributed by atoms with Gasteiger partial charge in [-0.1, -0.05) is 35.4 Å². The van der Waals surface area contributed by atoms with E-state index in [0.717, 1.165) is 17.4 Å². The molecule has 4 atom stereocenters. The minimum atomic E-state index is -4.04. The molecule has 14 heteroatoms. The Hall–Kier alpha value is -4.04. The molecule has 0 aromatic heterocycles. The van der Waals surface area contributed by atoms with Crippen LogP contribution in [0.1, 0.15) is 36.5 Å². The molecule has 0 saturated carbocycles. The van der Waals surface area contributed by atoms with Crippen molar-refractivity contribution in [3.63, 3.8) is 0 Å². The summed E-state index contributed by atoms with van der Waals surface area (Å²) in [4.78, 5) is 9.51. The topological polar surface area (TPSA) is 151 Å². The van der Waals surface area contributed by atoms with Crippen LogP contribution in [0.5, 0.6) is 17.2 Å². The normalized spacial score (nSPS) is 24.9. The fourth-order valence-corrected chi connectivity index (χ4v) is 6.57. The molecule has 0 unspecified atom stereocenters. The maximum Gasteiger partial charge on any atom is 0.264 e. The molecule has 6 rings (SSSR count). The SMILES string of the molecule is COc1ccc(OCc2cc(OCc3ccccc3)c3c(c2)N2C[C@H](N=[N+]=[N-])[C@@H](OS(C)(=O)=O)[C@]4(O2)OC(C)(C)OC[C@@H]34)cc1. The second-order valence-corrected chi connectivity index (χ2v) is 13.1. The van der Waals surface area contributed by atoms with Gasteiger partial charge >= 0.3 is 0 Å². The second-order valence-electron chi connectivity index (χ2n) is 11.5. The predicted molar refractivity (Wildman–Crippen MR) is 162 cm³/mol. The first-order valence-corrected chi connectivity index (χ1v) is 16.2. The maximum atomic E-state index is 12.5. The van der Waals surface area contributed by atoms with Crippen LogP contribution in [0.3, 0.4) is 0 Å². The van der Waals surface area contributed by atoms with Crippen LogP contribution in [0.2, 0.25) is 0 Å². The van der Waals surface area contributed by atoms with E-state index >= 15 is 0 Å². The Balaban J connectivity index is 1.46. The average molecular weight is 639 g/mol. The Morgan fingerprint density at radius 2 is 1.73 bits per heavy atom. The molecule has 3 aromatic rings. The quantitative estimate of drug-likeness (QED) is 0.125. The summed E-state index contributed by atoms with van der Waals surface area (Å²) in [6, 6.07) is 19.8. The van der Waals surface area contributed by atoms with Gasteiger partial charge in [0.25, 0.3) is 10.1 Å². The first-order valence-electron chi connectivity index (χ1n) is 14.3. The first-order chi connectivity index (χ1) is 21.5. The van der Waals surface area contributed by atoms with Crippen molar-refractivity contribution in [2.45, 2.75) is 56.7 Å². The molecule has 3 aliphatic rings. The molecule has 2 saturated heterocycles. The molecule has 2 bridgehead atoms. The number of ether oxygens (including phenoxy) is 5. The molecule has 0 N–H and O–H groups in total. The minimum Gasteiger partial charge on any atom is -0.497 e. The van der Waals surface area contributed by atoms with Gasteiger partial charge in [-0.2, -0.15) is 8.42 Å². The van der Waals surface area contributed by atoms with E-state index in [4.69, 9.17) is 32.7 Å². The lowest BCUT2D eigenvalue weighted by Crippen LogP contribution is -2.72. The highest BCUT2D eigenvalue weighted by Gasteiger charge is 2.66. The average Bonchev–Trinajstić information content (AvgIpc) is 3.00. The summed E-state index contributed by atoms with van der Waals surface area (Å²) < 4.78 is 61.0. The van der Waals surface area contributed by atoms with Gasteiger partial charge in [-0.15, -0.1) is 0 Å². The number of hydrogen-bond acceptors (Lipinski definition) is 11. The van der Waals surface area contributed by atoms with E-state index in [1.807, 2.05) is 66.7 Å². The maximum absolute atomic E-state index is 12.5. The van der Waals surface area contributed by atoms with Crippen molar-refractivity contribution in [1.29, 1.82) is 0 Å². The second kappa shape index (κ2) is 12.0. The van der Waals surface area contributed by atoms with Crippen LogP contribution >= 0.6 is 0 Å². The summed E-state index contributed by atoms with van der Waals surface area (Å²) in [6.07, 6.45) is -0.385. The number of methoxy groups -OCH3 is 1. The van der Waals surface area contributed by atoms with E-state index in [2.05, 4.69) is 10.0 Å². The smallest absolute Gasteiger partial charge is 0.264 e. The lowest BCUT2D eigenvalue weighted by molar-refractivity contribution is -0.426. The van der Waals surface area contributed by atoms with Gasteiger partial charge in [0.2, 0.25) is 5.79 Å². The summed E-state index contributed by atoms with van der Waals surface area (Å²) in [7, 11) is -2.44. The zero-order chi connectivity index (χ0) is 31.8. The minimum absolute atomic E-state index is 0.0166. The van der Waals surface area contributed by atoms with E-state index < -0.39 is 39.8 Å². The molecule has 2 fully saturated rings. The number of azide groups is 1. The monoisotopic (exact) mass is 638 g/mol. The van der Waals surface area contributed by atoms with Crippen molar-refractivity contribution in [2.24, 2.45) is 5.11 Å². The Morgan fingerprint density at radius 1 is 1.02 bits per heavy atom. The molecule has 13 nitrogen and oxygen atoms in total. The Kier molecular flexibility index (Phi) is 8.29. The largest absolute Gasteiger partial charge is 0.497 e. The summed E-state index contributed by atoms with van der Waals surface area (Å²) in [5.41, 5.74) is 12.5. The van der Waals surface area contributed by atoms with Crippen molar-refractivity contribution in [3.8, 4) is 17.2 Å². The van der Waals surface area contributed by atoms with Crippen LogP contribution in [0.25, 0.3) is 10.4 Å². The lowest BCUT2D eigenvalue weighted by atomic mass is 9.79. The molecule has 45 heavy (non-hydrogen) atoms. The number of rotatable bonds is 10. The summed E-state index contributed by atoms with van der Waals surface area (Å²) in [5.74, 6) is -1.78. The molecule has 3 aromatic carbocycles. The van der Waals surface area contributed by atoms with Crippen LogP contribution in [0.4, 0.5) is 5.69 Å². The molecule has 0 radical (unpaired) electrons. The van der Waals surface area contributed by atoms with Gasteiger partial charge in [0.15, 0.2) is 5.79 Å². The summed E-state index contributed by atoms with van der Waals surface area (Å²) in [5, 5.41) is 5.49. The molecule has 238 valence electrons. The number of fused-ring (bicyclic) bond motifs is 4. The van der Waals surface area contributed by atoms with Gasteiger partial charge in [0.05, 0.1) is 44.2 Å². The summed E-state index contributed by atoms with van der Waals surface area (Å²) in [6.45, 7) is 3.91. The van der Waals surface area contributed by atoms with E-state index in [-0.39, 0.29) is 26.4 Å². The summed E-state index contributed by atoms with van der Waals surface area (Å²) >= 11 is 0. The van der Waals surface area contributed by atoms with E-state index in [1.165, 1.54) is 0 Å². The van der Waals surface area contributed by atoms with Crippen molar-refractivity contribution in [2.75, 3.05) is 31.6 Å². The predicted octanol–water partition coefficient (Wildman–Crippen LogP) is 5.20. The number of hydrogen-bond donors (Lipinski definition) is 0. The van der Waals surface area contributed by atoms with Crippen molar-refractivity contribution in [3.05, 3.63) is 93.9 Å². The highest BCUT2D eigenvalue weighted by atomic mass is 32.2. The highest BCUT2D eigenvalue weighted by Crippen LogP contribution is 2.57. The van der Waals surface area contributed by atoms with Gasteiger partial charge in [0, 0.05) is 10.5 Å². The number of benzene rings is 3. The first kappa shape index (κ1) is 31.0. The zero-order valence-electron chi connectivity index (χ0n) is 25.3. The molecular formula is C31H34N4O9S. The lowest BCUT2D eigenvalue weighted by Gasteiger charge is -2.59. The Morgan fingerprint density at radius 3 is 2.42 bits per heavy atom. The standard InChI is InChI=1S/C31H34N4O9S/c1-30(2)41-19-24-28-26(35-16-25(33-34-32)29(42-45(4,36)37)31(24,43-30)44-35)14-21(18-39-23-12-10-22(38-3)11-13-23)15-27(28)40-17-20-8-6-5-7-9-20/h5-15,24-25,29H,16-19H2,1-4H3/t24-,25-,29+,31-/m0/s1. The number of nitrogens with zero attached hydrogens (tertiary/aromatic N) is 4. The van der Waals surface area contributed by atoms with Gasteiger partial charge in [0.1, 0.15) is 36.6 Å². The third kappa shape index (κ3) is 6.39. The van der Waals surface area contributed by atoms with Crippen LogP contribution in [-0.2, 0) is 41.8 Å². The molecular weight excluding hydrogens is 604 g/mol. The van der Waals surface area contributed by atoms with Crippen molar-refractivity contribution >= 4 is 15.8 Å². The third-order valence-electron chi connectivity index (χ3n) is 7.82. The molecule has 1 spiro atoms. The van der Waals surface area contributed by atoms with Gasteiger partial charge in [-0.3, -0.25) is 4.18 Å². The molecule has 3 aliphatic heterocycles. The fraction of sp³-hybridized carbons (Fsp3) is 0.419. The van der Waals surface area contributed by atoms with Gasteiger partial charge < -0.3 is 23.7 Å². The van der Waals surface area contributed by atoms with E-state index in [0.29, 0.717) is 28.5 Å². The molecule has 0 amide bonds. The third-order valence-corrected chi connectivity index (χ3v) is 8.38. The fourth-order valence-electron chi connectivity index (χ4n) is 5.93. The van der Waals surface area contributed by atoms with Crippen LogP contribution in [0.15, 0.2) is 71.8 Å². The number of anilines is 1. The van der Waals surface area contributed by atoms with Crippen LogP contribution in [-0.4, -0.2) is 58.7 Å².